The number of fused-ring (bicyclic) bond motifs is 2. The lowest BCUT2D eigenvalue weighted by molar-refractivity contribution is -0.132. The molecule has 3 heterocycles. The quantitative estimate of drug-likeness (QED) is 0.325. The minimum Gasteiger partial charge on any atom is -0.359 e. The van der Waals surface area contributed by atoms with Crippen LogP contribution in [-0.2, 0) is 27.3 Å². The van der Waals surface area contributed by atoms with Gasteiger partial charge in [0.25, 0.3) is 11.8 Å². The number of benzene rings is 1. The first-order valence-electron chi connectivity index (χ1n) is 14.7. The maximum Gasteiger partial charge on any atom is 0.275 e. The number of aromatic nitrogens is 2. The second-order valence-electron chi connectivity index (χ2n) is 11.3. The van der Waals surface area contributed by atoms with Gasteiger partial charge in [-0.2, -0.15) is 0 Å². The molecule has 3 aromatic rings. The standard InChI is InChI=1S/C31H35F2N7O6/c1-17(2)11-23-29(43)38-24(12-19-7-5-4-6-8-19)28(42)34-9-10-40(31(45)26-22(33)13-20(32)15-35-26)16-21-14-25(39-46-21)30(44)36-18(3)27(41)37-23/h4-8,13-15,17-18,23-24H,9-12,16H2,1-3H3,(H,34,42)(H,36,44)(H,37,41)(H,38,43)/t18-,23-,24-/m1/s1. The van der Waals surface area contributed by atoms with E-state index in [2.05, 4.69) is 31.4 Å². The van der Waals surface area contributed by atoms with Gasteiger partial charge in [-0.3, -0.25) is 24.0 Å². The SMILES string of the molecule is CC(C)C[C@H]1NC(=O)[C@@H](C)NC(=O)c2cc(on2)CN(C(=O)c2ncc(F)cc2F)CCNC(=O)[C@@H](Cc2ccccc2)NC1=O. The Labute approximate surface area is 263 Å². The fraction of sp³-hybridized carbons (Fsp3) is 0.387. The Morgan fingerprint density at radius 1 is 1.00 bits per heavy atom. The summed E-state index contributed by atoms with van der Waals surface area (Å²) in [5.41, 5.74) is -0.123. The Balaban J connectivity index is 1.66. The van der Waals surface area contributed by atoms with E-state index in [1.54, 1.807) is 24.3 Å². The number of hydrogen-bond acceptors (Lipinski definition) is 8. The number of nitrogens with one attached hydrogen (secondary N) is 4. The van der Waals surface area contributed by atoms with Gasteiger partial charge in [0.1, 0.15) is 23.9 Å². The van der Waals surface area contributed by atoms with Gasteiger partial charge in [-0.15, -0.1) is 0 Å². The first-order chi connectivity index (χ1) is 21.9. The molecular formula is C31H35F2N7O6. The Morgan fingerprint density at radius 2 is 1.72 bits per heavy atom. The Hall–Kier alpha value is -5.21. The highest BCUT2D eigenvalue weighted by Crippen LogP contribution is 2.14. The second kappa shape index (κ2) is 15.2. The molecule has 0 spiro atoms. The number of carbonyl (C=O) groups excluding carboxylic acids is 5. The van der Waals surface area contributed by atoms with Gasteiger partial charge < -0.3 is 30.7 Å². The van der Waals surface area contributed by atoms with Crippen molar-refractivity contribution in [1.29, 1.82) is 0 Å². The maximum absolute atomic E-state index is 14.5. The number of carbonyl (C=O) groups is 5. The molecule has 1 aliphatic heterocycles. The summed E-state index contributed by atoms with van der Waals surface area (Å²) >= 11 is 0. The third kappa shape index (κ3) is 8.92. The molecule has 0 radical (unpaired) electrons. The van der Waals surface area contributed by atoms with E-state index in [9.17, 15) is 32.8 Å². The van der Waals surface area contributed by atoms with Crippen LogP contribution in [0.2, 0.25) is 0 Å². The predicted octanol–water partition coefficient (Wildman–Crippen LogP) is 1.50. The molecule has 15 heteroatoms. The highest BCUT2D eigenvalue weighted by atomic mass is 19.1. The largest absolute Gasteiger partial charge is 0.359 e. The van der Waals surface area contributed by atoms with E-state index in [-0.39, 0.29) is 49.8 Å². The molecule has 4 rings (SSSR count). The second-order valence-corrected chi connectivity index (χ2v) is 11.3. The summed E-state index contributed by atoms with van der Waals surface area (Å²) in [6.45, 7) is 4.48. The third-order valence-corrected chi connectivity index (χ3v) is 7.11. The first kappa shape index (κ1) is 33.7. The van der Waals surface area contributed by atoms with Crippen LogP contribution in [0, 0.1) is 17.6 Å². The van der Waals surface area contributed by atoms with Crippen LogP contribution in [0.1, 0.15) is 59.5 Å². The third-order valence-electron chi connectivity index (χ3n) is 7.11. The van der Waals surface area contributed by atoms with Gasteiger partial charge in [0.2, 0.25) is 17.7 Å². The molecule has 13 nitrogen and oxygen atoms in total. The zero-order valence-corrected chi connectivity index (χ0v) is 25.5. The van der Waals surface area contributed by atoms with Crippen LogP contribution >= 0.6 is 0 Å². The van der Waals surface area contributed by atoms with E-state index >= 15 is 0 Å². The molecule has 0 fully saturated rings. The summed E-state index contributed by atoms with van der Waals surface area (Å²) in [4.78, 5) is 70.9. The molecule has 1 aromatic carbocycles. The molecule has 0 unspecified atom stereocenters. The van der Waals surface area contributed by atoms with Gasteiger partial charge in [-0.05, 0) is 24.8 Å². The fourth-order valence-corrected chi connectivity index (χ4v) is 4.76. The van der Waals surface area contributed by atoms with Crippen molar-refractivity contribution < 1.29 is 37.3 Å². The van der Waals surface area contributed by atoms with E-state index in [0.29, 0.717) is 12.3 Å². The number of pyridine rings is 1. The number of nitrogens with zero attached hydrogens (tertiary/aromatic N) is 3. The van der Waals surface area contributed by atoms with E-state index in [1.165, 1.54) is 13.0 Å². The van der Waals surface area contributed by atoms with Crippen molar-refractivity contribution in [2.45, 2.75) is 58.3 Å². The lowest BCUT2D eigenvalue weighted by Crippen LogP contribution is -2.57. The molecule has 2 aromatic heterocycles. The van der Waals surface area contributed by atoms with E-state index in [4.69, 9.17) is 4.52 Å². The molecule has 0 saturated carbocycles. The van der Waals surface area contributed by atoms with Crippen molar-refractivity contribution in [3.63, 3.8) is 0 Å². The first-order valence-corrected chi connectivity index (χ1v) is 14.7. The van der Waals surface area contributed by atoms with Crippen LogP contribution in [0.15, 0.2) is 53.2 Å². The molecule has 5 amide bonds. The average molecular weight is 640 g/mol. The maximum atomic E-state index is 14.5. The average Bonchev–Trinajstić information content (AvgIpc) is 3.48. The van der Waals surface area contributed by atoms with E-state index < -0.39 is 65.0 Å². The van der Waals surface area contributed by atoms with Crippen LogP contribution in [0.5, 0.6) is 0 Å². The van der Waals surface area contributed by atoms with Crippen LogP contribution in [-0.4, -0.2) is 75.8 Å². The summed E-state index contributed by atoms with van der Waals surface area (Å²) in [7, 11) is 0. The normalized spacial score (nSPS) is 20.2. The Morgan fingerprint density at radius 3 is 2.41 bits per heavy atom. The molecule has 3 atom stereocenters. The van der Waals surface area contributed by atoms with E-state index in [0.717, 1.165) is 10.5 Å². The molecular weight excluding hydrogens is 604 g/mol. The zero-order chi connectivity index (χ0) is 33.4. The summed E-state index contributed by atoms with van der Waals surface area (Å²) < 4.78 is 33.2. The minimum atomic E-state index is -1.19. The molecule has 0 saturated heterocycles. The molecule has 0 aliphatic carbocycles. The minimum absolute atomic E-state index is 0.0160. The summed E-state index contributed by atoms with van der Waals surface area (Å²) in [5, 5.41) is 14.3. The topological polar surface area (TPSA) is 176 Å². The lowest BCUT2D eigenvalue weighted by atomic mass is 10.0. The Kier molecular flexibility index (Phi) is 11.1. The number of hydrogen-bond donors (Lipinski definition) is 4. The van der Waals surface area contributed by atoms with Gasteiger partial charge in [-0.25, -0.2) is 13.8 Å². The molecule has 1 aliphatic rings. The zero-order valence-electron chi connectivity index (χ0n) is 25.5. The summed E-state index contributed by atoms with van der Waals surface area (Å²) in [6.07, 6.45) is 1.05. The summed E-state index contributed by atoms with van der Waals surface area (Å²) in [6, 6.07) is 7.52. The molecule has 46 heavy (non-hydrogen) atoms. The van der Waals surface area contributed by atoms with Gasteiger partial charge in [-0.1, -0.05) is 49.3 Å². The highest BCUT2D eigenvalue weighted by Gasteiger charge is 2.31. The van der Waals surface area contributed by atoms with Crippen molar-refractivity contribution in [1.82, 2.24) is 36.3 Å². The van der Waals surface area contributed by atoms with Gasteiger partial charge in [0.05, 0.1) is 12.7 Å². The van der Waals surface area contributed by atoms with Crippen LogP contribution in [0.3, 0.4) is 0 Å². The Bertz CT molecular complexity index is 1580. The summed E-state index contributed by atoms with van der Waals surface area (Å²) in [5.74, 6) is -5.69. The van der Waals surface area contributed by atoms with Crippen molar-refractivity contribution >= 4 is 29.5 Å². The van der Waals surface area contributed by atoms with Crippen LogP contribution < -0.4 is 21.3 Å². The van der Waals surface area contributed by atoms with Crippen molar-refractivity contribution in [2.24, 2.45) is 5.92 Å². The number of halogens is 2. The van der Waals surface area contributed by atoms with Crippen molar-refractivity contribution in [3.05, 3.63) is 83.0 Å². The van der Waals surface area contributed by atoms with Gasteiger partial charge in [0.15, 0.2) is 23.0 Å². The van der Waals surface area contributed by atoms with Crippen LogP contribution in [0.4, 0.5) is 8.78 Å². The predicted molar refractivity (Wildman–Crippen MR) is 159 cm³/mol. The van der Waals surface area contributed by atoms with Gasteiger partial charge in [0, 0.05) is 31.6 Å². The van der Waals surface area contributed by atoms with Crippen LogP contribution in [0.25, 0.3) is 0 Å². The van der Waals surface area contributed by atoms with Crippen molar-refractivity contribution in [3.8, 4) is 0 Å². The smallest absolute Gasteiger partial charge is 0.275 e. The molecule has 2 bridgehead atoms. The molecule has 4 N–H and O–H groups in total. The number of amides is 5. The highest BCUT2D eigenvalue weighted by molar-refractivity contribution is 5.97. The fourth-order valence-electron chi connectivity index (χ4n) is 4.76. The van der Waals surface area contributed by atoms with E-state index in [1.807, 2.05) is 19.9 Å². The monoisotopic (exact) mass is 639 g/mol. The number of rotatable bonds is 5. The van der Waals surface area contributed by atoms with Gasteiger partial charge >= 0.3 is 0 Å². The molecule has 244 valence electrons. The van der Waals surface area contributed by atoms with Crippen molar-refractivity contribution in [2.75, 3.05) is 13.1 Å². The lowest BCUT2D eigenvalue weighted by Gasteiger charge is -2.26.